The van der Waals surface area contributed by atoms with Gasteiger partial charge in [0.15, 0.2) is 0 Å². The number of hydrogen-bond donors (Lipinski definition) is 1. The number of benzene rings is 1. The second kappa shape index (κ2) is 3.84. The molecule has 0 saturated carbocycles. The Morgan fingerprint density at radius 2 is 2.21 bits per heavy atom. The Balaban J connectivity index is 3.44. The molecule has 2 N–H and O–H groups in total. The summed E-state index contributed by atoms with van der Waals surface area (Å²) in [7, 11) is 1.16. The largest absolute Gasteiger partial charge is 0.465 e. The van der Waals surface area contributed by atoms with Crippen LogP contribution >= 0.6 is 11.6 Å². The highest BCUT2D eigenvalue weighted by molar-refractivity contribution is 6.31. The molecule has 0 radical (unpaired) electrons. The smallest absolute Gasteiger partial charge is 0.342 e. The minimum absolute atomic E-state index is 0.0232. The molecule has 1 aromatic rings. The molecule has 3 nitrogen and oxygen atoms in total. The number of hydrogen-bond acceptors (Lipinski definition) is 3. The zero-order valence-corrected chi connectivity index (χ0v) is 8.48. The van der Waals surface area contributed by atoms with Crippen molar-refractivity contribution < 1.29 is 13.9 Å². The number of anilines is 1. The minimum Gasteiger partial charge on any atom is -0.465 e. The second-order valence-electron chi connectivity index (χ2n) is 2.75. The Labute approximate surface area is 85.6 Å². The van der Waals surface area contributed by atoms with E-state index in [2.05, 4.69) is 4.74 Å². The molecular weight excluding hydrogens is 209 g/mol. The van der Waals surface area contributed by atoms with E-state index in [1.54, 1.807) is 0 Å². The monoisotopic (exact) mass is 217 g/mol. The van der Waals surface area contributed by atoms with Crippen molar-refractivity contribution in [3.05, 3.63) is 28.0 Å². The highest BCUT2D eigenvalue weighted by atomic mass is 35.5. The summed E-state index contributed by atoms with van der Waals surface area (Å²) >= 11 is 5.67. The summed E-state index contributed by atoms with van der Waals surface area (Å²) in [5.41, 5.74) is 5.33. The molecule has 1 rings (SSSR count). The van der Waals surface area contributed by atoms with Crippen molar-refractivity contribution in [2.24, 2.45) is 0 Å². The molecule has 0 aromatic heterocycles. The van der Waals surface area contributed by atoms with Gasteiger partial charge < -0.3 is 10.5 Å². The maximum atomic E-state index is 13.5. The molecule has 76 valence electrons. The van der Waals surface area contributed by atoms with Crippen LogP contribution in [0.1, 0.15) is 15.9 Å². The maximum absolute atomic E-state index is 13.5. The van der Waals surface area contributed by atoms with Crippen molar-refractivity contribution in [3.8, 4) is 0 Å². The van der Waals surface area contributed by atoms with Crippen LogP contribution in [-0.4, -0.2) is 13.1 Å². The van der Waals surface area contributed by atoms with Crippen molar-refractivity contribution in [2.75, 3.05) is 12.8 Å². The summed E-state index contributed by atoms with van der Waals surface area (Å²) in [6.45, 7) is 1.46. The molecule has 0 fully saturated rings. The van der Waals surface area contributed by atoms with E-state index in [1.165, 1.54) is 13.0 Å². The first-order valence-electron chi connectivity index (χ1n) is 3.81. The van der Waals surface area contributed by atoms with E-state index >= 15 is 0 Å². The van der Waals surface area contributed by atoms with Crippen LogP contribution in [0.5, 0.6) is 0 Å². The minimum atomic E-state index is -0.806. The first-order chi connectivity index (χ1) is 6.49. The molecule has 0 atom stereocenters. The summed E-state index contributed by atoms with van der Waals surface area (Å²) in [6.07, 6.45) is 0. The van der Waals surface area contributed by atoms with Crippen LogP contribution in [0.25, 0.3) is 0 Å². The molecular formula is C9H9ClFNO2. The first kappa shape index (κ1) is 10.8. The molecule has 0 unspecified atom stereocenters. The summed E-state index contributed by atoms with van der Waals surface area (Å²) in [5, 5.41) is 0.188. The summed E-state index contributed by atoms with van der Waals surface area (Å²) in [5.74, 6) is -1.54. The topological polar surface area (TPSA) is 52.3 Å². The third kappa shape index (κ3) is 1.65. The number of halogens is 2. The lowest BCUT2D eigenvalue weighted by molar-refractivity contribution is 0.0596. The van der Waals surface area contributed by atoms with E-state index in [0.717, 1.165) is 7.11 Å². The second-order valence-corrected chi connectivity index (χ2v) is 3.16. The predicted octanol–water partition coefficient (Wildman–Crippen LogP) is 2.16. The molecule has 1 aromatic carbocycles. The van der Waals surface area contributed by atoms with Crippen molar-refractivity contribution in [1.29, 1.82) is 0 Å². The Bertz CT molecular complexity index is 393. The van der Waals surface area contributed by atoms with Crippen molar-refractivity contribution in [2.45, 2.75) is 6.92 Å². The molecule has 0 saturated heterocycles. The Kier molecular flexibility index (Phi) is 2.96. The average molecular weight is 218 g/mol. The van der Waals surface area contributed by atoms with Crippen LogP contribution in [0.15, 0.2) is 6.07 Å². The van der Waals surface area contributed by atoms with Gasteiger partial charge in [0, 0.05) is 10.6 Å². The average Bonchev–Trinajstić information content (AvgIpc) is 2.14. The molecule has 0 spiro atoms. The van der Waals surface area contributed by atoms with Crippen LogP contribution in [0.4, 0.5) is 10.1 Å². The lowest BCUT2D eigenvalue weighted by atomic mass is 10.1. The number of carbonyl (C=O) groups is 1. The number of ether oxygens (including phenoxy) is 1. The third-order valence-corrected chi connectivity index (χ3v) is 2.26. The van der Waals surface area contributed by atoms with Gasteiger partial charge in [-0.2, -0.15) is 0 Å². The zero-order chi connectivity index (χ0) is 10.9. The van der Waals surface area contributed by atoms with Crippen molar-refractivity contribution in [3.63, 3.8) is 0 Å². The standard InChI is InChI=1S/C9H9ClFNO2/c1-4-5(10)3-6(12)7(8(4)11)9(13)14-2/h3H,12H2,1-2H3. The van der Waals surface area contributed by atoms with E-state index in [-0.39, 0.29) is 21.8 Å². The molecule has 0 bridgehead atoms. The van der Waals surface area contributed by atoms with Gasteiger partial charge in [-0.1, -0.05) is 11.6 Å². The van der Waals surface area contributed by atoms with Gasteiger partial charge in [0.1, 0.15) is 11.4 Å². The fourth-order valence-electron chi connectivity index (χ4n) is 1.05. The van der Waals surface area contributed by atoms with E-state index < -0.39 is 11.8 Å². The lowest BCUT2D eigenvalue weighted by Crippen LogP contribution is -2.10. The fraction of sp³-hybridized carbons (Fsp3) is 0.222. The van der Waals surface area contributed by atoms with Gasteiger partial charge in [-0.3, -0.25) is 0 Å². The van der Waals surface area contributed by atoms with E-state index in [4.69, 9.17) is 17.3 Å². The van der Waals surface area contributed by atoms with Gasteiger partial charge >= 0.3 is 5.97 Å². The van der Waals surface area contributed by atoms with E-state index in [0.29, 0.717) is 0 Å². The number of methoxy groups -OCH3 is 1. The highest BCUT2D eigenvalue weighted by Crippen LogP contribution is 2.27. The Hall–Kier alpha value is -1.29. The maximum Gasteiger partial charge on any atom is 0.342 e. The van der Waals surface area contributed by atoms with Crippen molar-refractivity contribution >= 4 is 23.3 Å². The molecule has 0 aliphatic carbocycles. The quantitative estimate of drug-likeness (QED) is 0.579. The predicted molar refractivity (Wildman–Crippen MR) is 51.9 cm³/mol. The van der Waals surface area contributed by atoms with Gasteiger partial charge in [-0.25, -0.2) is 9.18 Å². The van der Waals surface area contributed by atoms with Gasteiger partial charge in [0.2, 0.25) is 0 Å². The normalized spacial score (nSPS) is 10.0. The van der Waals surface area contributed by atoms with E-state index in [1.807, 2.05) is 0 Å². The number of rotatable bonds is 1. The van der Waals surface area contributed by atoms with Crippen LogP contribution in [0.3, 0.4) is 0 Å². The van der Waals surface area contributed by atoms with Crippen LogP contribution in [0.2, 0.25) is 5.02 Å². The number of nitrogens with two attached hydrogens (primary N) is 1. The third-order valence-electron chi connectivity index (χ3n) is 1.87. The first-order valence-corrected chi connectivity index (χ1v) is 4.19. The molecule has 0 aliphatic heterocycles. The van der Waals surface area contributed by atoms with E-state index in [9.17, 15) is 9.18 Å². The molecule has 0 aliphatic rings. The number of esters is 1. The van der Waals surface area contributed by atoms with Crippen LogP contribution in [-0.2, 0) is 4.74 Å². The van der Waals surface area contributed by atoms with Crippen LogP contribution in [0, 0.1) is 12.7 Å². The molecule has 5 heteroatoms. The lowest BCUT2D eigenvalue weighted by Gasteiger charge is -2.08. The van der Waals surface area contributed by atoms with Crippen molar-refractivity contribution in [1.82, 2.24) is 0 Å². The molecule has 14 heavy (non-hydrogen) atoms. The Morgan fingerprint density at radius 3 is 2.71 bits per heavy atom. The highest BCUT2D eigenvalue weighted by Gasteiger charge is 2.19. The van der Waals surface area contributed by atoms with Gasteiger partial charge in [-0.15, -0.1) is 0 Å². The number of nitrogen functional groups attached to an aromatic ring is 1. The van der Waals surface area contributed by atoms with Crippen LogP contribution < -0.4 is 5.73 Å². The fourth-order valence-corrected chi connectivity index (χ4v) is 1.25. The van der Waals surface area contributed by atoms with Gasteiger partial charge in [0.25, 0.3) is 0 Å². The van der Waals surface area contributed by atoms with Gasteiger partial charge in [-0.05, 0) is 13.0 Å². The van der Waals surface area contributed by atoms with Gasteiger partial charge in [0.05, 0.1) is 12.8 Å². The summed E-state index contributed by atoms with van der Waals surface area (Å²) in [6, 6.07) is 1.33. The zero-order valence-electron chi connectivity index (χ0n) is 7.73. The molecule has 0 amide bonds. The SMILES string of the molecule is COC(=O)c1c(N)cc(Cl)c(C)c1F. The number of carbonyl (C=O) groups excluding carboxylic acids is 1. The molecule has 0 heterocycles. The Morgan fingerprint density at radius 1 is 1.64 bits per heavy atom. The summed E-state index contributed by atoms with van der Waals surface area (Å²) < 4.78 is 17.9. The summed E-state index contributed by atoms with van der Waals surface area (Å²) in [4.78, 5) is 11.1.